The number of aliphatic hydroxyl groups is 1. The van der Waals surface area contributed by atoms with E-state index in [-0.39, 0.29) is 0 Å². The Morgan fingerprint density at radius 2 is 2.27 bits per heavy atom. The Labute approximate surface area is 103 Å². The number of aliphatic hydroxyl groups excluding tert-OH is 1. The van der Waals surface area contributed by atoms with Crippen molar-refractivity contribution >= 4 is 31.9 Å². The maximum Gasteiger partial charge on any atom is 0.183 e. The summed E-state index contributed by atoms with van der Waals surface area (Å²) in [6.07, 6.45) is 0.825. The van der Waals surface area contributed by atoms with E-state index in [2.05, 4.69) is 37.0 Å². The normalized spacial score (nSPS) is 13.1. The number of furan rings is 1. The summed E-state index contributed by atoms with van der Waals surface area (Å²) in [5.74, 6) is 0.470. The van der Waals surface area contributed by atoms with Crippen molar-refractivity contribution in [1.82, 2.24) is 9.78 Å². The Hall–Kier alpha value is -0.590. The van der Waals surface area contributed by atoms with Crippen molar-refractivity contribution in [2.24, 2.45) is 7.05 Å². The van der Waals surface area contributed by atoms with E-state index in [0.717, 1.165) is 4.47 Å². The second-order valence-corrected chi connectivity index (χ2v) is 4.63. The van der Waals surface area contributed by atoms with Crippen LogP contribution >= 0.6 is 31.9 Å². The third-order valence-corrected chi connectivity index (χ3v) is 3.78. The third kappa shape index (κ3) is 2.02. The summed E-state index contributed by atoms with van der Waals surface area (Å²) >= 11 is 6.51. The molecule has 0 amide bonds. The first-order valence-electron chi connectivity index (χ1n) is 4.20. The highest BCUT2D eigenvalue weighted by Crippen LogP contribution is 2.32. The molecule has 0 aliphatic heterocycles. The molecule has 0 saturated carbocycles. The van der Waals surface area contributed by atoms with Gasteiger partial charge in [0.25, 0.3) is 0 Å². The largest absolute Gasteiger partial charge is 0.450 e. The van der Waals surface area contributed by atoms with E-state index in [0.29, 0.717) is 16.1 Å². The highest BCUT2D eigenvalue weighted by molar-refractivity contribution is 9.13. The molecule has 0 aromatic carbocycles. The Balaban J connectivity index is 2.36. The smallest absolute Gasteiger partial charge is 0.183 e. The fourth-order valence-corrected chi connectivity index (χ4v) is 1.90. The molecule has 2 aromatic heterocycles. The minimum Gasteiger partial charge on any atom is -0.450 e. The third-order valence-electron chi connectivity index (χ3n) is 2.07. The zero-order chi connectivity index (χ0) is 11.0. The summed E-state index contributed by atoms with van der Waals surface area (Å²) in [5.41, 5.74) is 0.684. The van der Waals surface area contributed by atoms with Crippen molar-refractivity contribution in [3.8, 4) is 0 Å². The molecule has 0 fully saturated rings. The molecule has 80 valence electrons. The van der Waals surface area contributed by atoms with Gasteiger partial charge >= 0.3 is 0 Å². The molecule has 2 heterocycles. The molecule has 0 aliphatic carbocycles. The van der Waals surface area contributed by atoms with Crippen LogP contribution in [0.15, 0.2) is 31.9 Å². The summed E-state index contributed by atoms with van der Waals surface area (Å²) < 4.78 is 8.28. The maximum atomic E-state index is 10.0. The van der Waals surface area contributed by atoms with E-state index < -0.39 is 6.10 Å². The number of hydrogen-bond donors (Lipinski definition) is 1. The average Bonchev–Trinajstić information content (AvgIpc) is 2.74. The van der Waals surface area contributed by atoms with Gasteiger partial charge in [0, 0.05) is 13.2 Å². The number of rotatable bonds is 2. The van der Waals surface area contributed by atoms with Crippen molar-refractivity contribution < 1.29 is 9.52 Å². The maximum absolute atomic E-state index is 10.0. The number of aryl methyl sites for hydroxylation is 1. The molecule has 6 heteroatoms. The highest BCUT2D eigenvalue weighted by atomic mass is 79.9. The van der Waals surface area contributed by atoms with Crippen LogP contribution in [0.2, 0.25) is 0 Å². The van der Waals surface area contributed by atoms with Crippen molar-refractivity contribution in [3.63, 3.8) is 0 Å². The molecule has 0 aliphatic rings. The van der Waals surface area contributed by atoms with Crippen molar-refractivity contribution in [2.45, 2.75) is 6.10 Å². The Kier molecular flexibility index (Phi) is 2.99. The van der Waals surface area contributed by atoms with E-state index in [1.54, 1.807) is 30.1 Å². The Bertz CT molecular complexity index is 459. The second-order valence-electron chi connectivity index (χ2n) is 3.05. The standard InChI is InChI=1S/C9H8Br2N2O2/c1-13-6(2-3-12-13)8(14)7-4-5(10)9(11)15-7/h2-4,8,14H,1H3. The van der Waals surface area contributed by atoms with Crippen LogP contribution in [0.3, 0.4) is 0 Å². The lowest BCUT2D eigenvalue weighted by atomic mass is 10.2. The van der Waals surface area contributed by atoms with Gasteiger partial charge in [-0.1, -0.05) is 0 Å². The summed E-state index contributed by atoms with van der Waals surface area (Å²) in [7, 11) is 1.77. The Morgan fingerprint density at radius 3 is 2.73 bits per heavy atom. The van der Waals surface area contributed by atoms with Crippen LogP contribution in [0.4, 0.5) is 0 Å². The van der Waals surface area contributed by atoms with E-state index in [1.807, 2.05) is 0 Å². The van der Waals surface area contributed by atoms with Gasteiger partial charge in [0.1, 0.15) is 5.76 Å². The molecule has 0 bridgehead atoms. The van der Waals surface area contributed by atoms with Gasteiger partial charge in [-0.15, -0.1) is 0 Å². The van der Waals surface area contributed by atoms with Crippen LogP contribution in [0.1, 0.15) is 17.6 Å². The summed E-state index contributed by atoms with van der Waals surface area (Å²) in [6, 6.07) is 3.47. The molecule has 1 atom stereocenters. The molecule has 0 saturated heterocycles. The van der Waals surface area contributed by atoms with Crippen LogP contribution in [0.25, 0.3) is 0 Å². The fourth-order valence-electron chi connectivity index (χ4n) is 1.30. The zero-order valence-corrected chi connectivity index (χ0v) is 11.0. The van der Waals surface area contributed by atoms with E-state index in [1.165, 1.54) is 0 Å². The van der Waals surface area contributed by atoms with Crippen molar-refractivity contribution in [1.29, 1.82) is 0 Å². The van der Waals surface area contributed by atoms with Crippen molar-refractivity contribution in [2.75, 3.05) is 0 Å². The molecular weight excluding hydrogens is 328 g/mol. The number of hydrogen-bond acceptors (Lipinski definition) is 3. The molecule has 1 unspecified atom stereocenters. The first-order chi connectivity index (χ1) is 7.09. The SMILES string of the molecule is Cn1nccc1C(O)c1cc(Br)c(Br)o1. The van der Waals surface area contributed by atoms with Gasteiger partial charge in [0.05, 0.1) is 10.2 Å². The van der Waals surface area contributed by atoms with Crippen LogP contribution in [0, 0.1) is 0 Å². The van der Waals surface area contributed by atoms with Crippen LogP contribution < -0.4 is 0 Å². The van der Waals surface area contributed by atoms with Crippen LogP contribution in [-0.4, -0.2) is 14.9 Å². The lowest BCUT2D eigenvalue weighted by molar-refractivity contribution is 0.178. The van der Waals surface area contributed by atoms with Gasteiger partial charge in [-0.3, -0.25) is 4.68 Å². The van der Waals surface area contributed by atoms with Gasteiger partial charge in [0.15, 0.2) is 10.8 Å². The van der Waals surface area contributed by atoms with Crippen LogP contribution in [0.5, 0.6) is 0 Å². The van der Waals surface area contributed by atoms with Crippen LogP contribution in [-0.2, 0) is 7.05 Å². The molecule has 2 aromatic rings. The number of aromatic nitrogens is 2. The number of halogens is 2. The monoisotopic (exact) mass is 334 g/mol. The lowest BCUT2D eigenvalue weighted by Crippen LogP contribution is -2.05. The highest BCUT2D eigenvalue weighted by Gasteiger charge is 2.19. The van der Waals surface area contributed by atoms with Gasteiger partial charge in [-0.2, -0.15) is 5.10 Å². The lowest BCUT2D eigenvalue weighted by Gasteiger charge is -2.07. The van der Waals surface area contributed by atoms with E-state index in [4.69, 9.17) is 4.42 Å². The minimum atomic E-state index is -0.805. The first-order valence-corrected chi connectivity index (χ1v) is 5.79. The summed E-state index contributed by atoms with van der Waals surface area (Å²) in [4.78, 5) is 0. The van der Waals surface area contributed by atoms with Gasteiger partial charge in [0.2, 0.25) is 0 Å². The molecule has 0 spiro atoms. The topological polar surface area (TPSA) is 51.2 Å². The fraction of sp³-hybridized carbons (Fsp3) is 0.222. The predicted molar refractivity (Wildman–Crippen MR) is 61.4 cm³/mol. The quantitative estimate of drug-likeness (QED) is 0.917. The molecule has 0 radical (unpaired) electrons. The number of nitrogens with zero attached hydrogens (tertiary/aromatic N) is 2. The minimum absolute atomic E-state index is 0.470. The van der Waals surface area contributed by atoms with Crippen molar-refractivity contribution in [3.05, 3.63) is 38.9 Å². The molecule has 4 nitrogen and oxygen atoms in total. The summed E-state index contributed by atoms with van der Waals surface area (Å²) in [6.45, 7) is 0. The first kappa shape index (κ1) is 10.9. The van der Waals surface area contributed by atoms with Gasteiger partial charge in [-0.25, -0.2) is 0 Å². The second kappa shape index (κ2) is 4.11. The predicted octanol–water partition coefficient (Wildman–Crippen LogP) is 2.62. The Morgan fingerprint density at radius 1 is 1.53 bits per heavy atom. The molecule has 15 heavy (non-hydrogen) atoms. The molecule has 1 N–H and O–H groups in total. The molecular formula is C9H8Br2N2O2. The van der Waals surface area contributed by atoms with E-state index >= 15 is 0 Å². The molecule has 2 rings (SSSR count). The average molecular weight is 336 g/mol. The summed E-state index contributed by atoms with van der Waals surface area (Å²) in [5, 5.41) is 14.0. The zero-order valence-electron chi connectivity index (χ0n) is 7.82. The van der Waals surface area contributed by atoms with Gasteiger partial charge in [-0.05, 0) is 44.0 Å². The van der Waals surface area contributed by atoms with Gasteiger partial charge < -0.3 is 9.52 Å². The van der Waals surface area contributed by atoms with E-state index in [9.17, 15) is 5.11 Å².